The Kier molecular flexibility index (Phi) is 4.91. The summed E-state index contributed by atoms with van der Waals surface area (Å²) in [7, 11) is 0. The van der Waals surface area contributed by atoms with Crippen molar-refractivity contribution in [1.82, 2.24) is 5.32 Å². The molecule has 0 radical (unpaired) electrons. The minimum Gasteiger partial charge on any atom is -0.306 e. The van der Waals surface area contributed by atoms with Gasteiger partial charge in [0.25, 0.3) is 0 Å². The van der Waals surface area contributed by atoms with E-state index in [-0.39, 0.29) is 11.9 Å². The van der Waals surface area contributed by atoms with Gasteiger partial charge >= 0.3 is 0 Å². The zero-order chi connectivity index (χ0) is 14.5. The summed E-state index contributed by atoms with van der Waals surface area (Å²) >= 11 is 0. The molecule has 0 aliphatic heterocycles. The van der Waals surface area contributed by atoms with E-state index in [0.29, 0.717) is 5.56 Å². The van der Waals surface area contributed by atoms with Gasteiger partial charge < -0.3 is 5.32 Å². The maximum Gasteiger partial charge on any atom is 0.128 e. The van der Waals surface area contributed by atoms with Crippen molar-refractivity contribution in [1.29, 1.82) is 0 Å². The van der Waals surface area contributed by atoms with Crippen LogP contribution in [0.4, 0.5) is 4.39 Å². The summed E-state index contributed by atoms with van der Waals surface area (Å²) in [6.45, 7) is 7.17. The van der Waals surface area contributed by atoms with Crippen molar-refractivity contribution in [3.63, 3.8) is 0 Å². The van der Waals surface area contributed by atoms with Gasteiger partial charge in [-0.15, -0.1) is 0 Å². The molecule has 2 aromatic carbocycles. The predicted molar refractivity (Wildman–Crippen MR) is 82.5 cm³/mol. The van der Waals surface area contributed by atoms with Crippen LogP contribution in [0.25, 0.3) is 0 Å². The summed E-state index contributed by atoms with van der Waals surface area (Å²) in [6.07, 6.45) is 1.02. The molecule has 106 valence electrons. The molecular formula is C18H22FN. The lowest BCUT2D eigenvalue weighted by Gasteiger charge is -2.21. The third-order valence-corrected chi connectivity index (χ3v) is 3.68. The molecule has 0 aromatic heterocycles. The van der Waals surface area contributed by atoms with Gasteiger partial charge in [-0.25, -0.2) is 4.39 Å². The highest BCUT2D eigenvalue weighted by molar-refractivity contribution is 5.37. The Morgan fingerprint density at radius 3 is 2.45 bits per heavy atom. The first-order valence-corrected chi connectivity index (χ1v) is 7.18. The third-order valence-electron chi connectivity index (χ3n) is 3.68. The normalized spacial score (nSPS) is 12.4. The second kappa shape index (κ2) is 6.67. The van der Waals surface area contributed by atoms with Crippen molar-refractivity contribution < 1.29 is 4.39 Å². The highest BCUT2D eigenvalue weighted by Gasteiger charge is 2.17. The molecule has 2 heteroatoms. The quantitative estimate of drug-likeness (QED) is 0.842. The summed E-state index contributed by atoms with van der Waals surface area (Å²) in [4.78, 5) is 0. The van der Waals surface area contributed by atoms with E-state index in [2.05, 4.69) is 44.3 Å². The van der Waals surface area contributed by atoms with Crippen LogP contribution >= 0.6 is 0 Å². The molecule has 2 aromatic rings. The molecule has 0 amide bonds. The minimum atomic E-state index is -0.153. The minimum absolute atomic E-state index is 0.0875. The molecule has 0 heterocycles. The van der Waals surface area contributed by atoms with Crippen molar-refractivity contribution >= 4 is 0 Å². The standard InChI is InChI=1S/C18H22FN/c1-4-11-20-18(16-7-5-6-8-17(16)19)15-10-9-13(2)14(3)12-15/h5-10,12,18,20H,4,11H2,1-3H3. The van der Waals surface area contributed by atoms with Crippen LogP contribution in [0.15, 0.2) is 42.5 Å². The van der Waals surface area contributed by atoms with Crippen LogP contribution in [0.5, 0.6) is 0 Å². The molecule has 0 bridgehead atoms. The Hall–Kier alpha value is -1.67. The van der Waals surface area contributed by atoms with Crippen LogP contribution in [-0.2, 0) is 0 Å². The number of benzene rings is 2. The Labute approximate surface area is 120 Å². The lowest BCUT2D eigenvalue weighted by Crippen LogP contribution is -2.24. The van der Waals surface area contributed by atoms with Crippen molar-refractivity contribution in [2.24, 2.45) is 0 Å². The van der Waals surface area contributed by atoms with Gasteiger partial charge in [0.1, 0.15) is 5.82 Å². The van der Waals surface area contributed by atoms with E-state index in [1.54, 1.807) is 6.07 Å². The largest absolute Gasteiger partial charge is 0.306 e. The van der Waals surface area contributed by atoms with Gasteiger partial charge in [0.15, 0.2) is 0 Å². The van der Waals surface area contributed by atoms with Crippen LogP contribution in [0.1, 0.15) is 41.6 Å². The average molecular weight is 271 g/mol. The fourth-order valence-corrected chi connectivity index (χ4v) is 2.35. The van der Waals surface area contributed by atoms with E-state index < -0.39 is 0 Å². The topological polar surface area (TPSA) is 12.0 Å². The van der Waals surface area contributed by atoms with Crippen molar-refractivity contribution in [3.05, 3.63) is 70.5 Å². The summed E-state index contributed by atoms with van der Waals surface area (Å²) in [5.74, 6) is -0.153. The summed E-state index contributed by atoms with van der Waals surface area (Å²) in [5.41, 5.74) is 4.33. The molecule has 0 aliphatic rings. The highest BCUT2D eigenvalue weighted by Crippen LogP contribution is 2.26. The van der Waals surface area contributed by atoms with Crippen molar-refractivity contribution in [3.8, 4) is 0 Å². The number of hydrogen-bond acceptors (Lipinski definition) is 1. The monoisotopic (exact) mass is 271 g/mol. The van der Waals surface area contributed by atoms with Crippen molar-refractivity contribution in [2.45, 2.75) is 33.2 Å². The fraction of sp³-hybridized carbons (Fsp3) is 0.333. The molecule has 0 fully saturated rings. The van der Waals surface area contributed by atoms with Gasteiger partial charge in [-0.1, -0.05) is 43.3 Å². The molecule has 0 saturated carbocycles. The van der Waals surface area contributed by atoms with Gasteiger partial charge in [0, 0.05) is 5.56 Å². The number of aryl methyl sites for hydroxylation is 2. The molecule has 1 unspecified atom stereocenters. The maximum absolute atomic E-state index is 14.1. The Balaban J connectivity index is 2.41. The Morgan fingerprint density at radius 1 is 1.05 bits per heavy atom. The second-order valence-corrected chi connectivity index (χ2v) is 5.25. The van der Waals surface area contributed by atoms with E-state index in [0.717, 1.165) is 18.5 Å². The summed E-state index contributed by atoms with van der Waals surface area (Å²) < 4.78 is 14.1. The smallest absolute Gasteiger partial charge is 0.128 e. The highest BCUT2D eigenvalue weighted by atomic mass is 19.1. The molecular weight excluding hydrogens is 249 g/mol. The van der Waals surface area contributed by atoms with Crippen LogP contribution in [-0.4, -0.2) is 6.54 Å². The third kappa shape index (κ3) is 3.26. The van der Waals surface area contributed by atoms with Crippen LogP contribution in [0.2, 0.25) is 0 Å². The van der Waals surface area contributed by atoms with Crippen LogP contribution < -0.4 is 5.32 Å². The van der Waals surface area contributed by atoms with Gasteiger partial charge in [-0.3, -0.25) is 0 Å². The Morgan fingerprint density at radius 2 is 1.80 bits per heavy atom. The first kappa shape index (κ1) is 14.7. The van der Waals surface area contributed by atoms with E-state index in [1.807, 2.05) is 12.1 Å². The molecule has 0 aliphatic carbocycles. The molecule has 1 nitrogen and oxygen atoms in total. The number of nitrogens with one attached hydrogen (secondary N) is 1. The molecule has 1 N–H and O–H groups in total. The average Bonchev–Trinajstić information content (AvgIpc) is 2.44. The zero-order valence-electron chi connectivity index (χ0n) is 12.4. The van der Waals surface area contributed by atoms with Gasteiger partial charge in [0.2, 0.25) is 0 Å². The van der Waals surface area contributed by atoms with Crippen LogP contribution in [0, 0.1) is 19.7 Å². The first-order valence-electron chi connectivity index (χ1n) is 7.18. The summed E-state index contributed by atoms with van der Waals surface area (Å²) in [6, 6.07) is 13.3. The SMILES string of the molecule is CCCNC(c1ccc(C)c(C)c1)c1ccccc1F. The molecule has 1 atom stereocenters. The number of hydrogen-bond donors (Lipinski definition) is 1. The predicted octanol–water partition coefficient (Wildman–Crippen LogP) is 4.53. The number of halogens is 1. The first-order chi connectivity index (χ1) is 9.63. The van der Waals surface area contributed by atoms with Gasteiger partial charge in [-0.05, 0) is 49.6 Å². The summed E-state index contributed by atoms with van der Waals surface area (Å²) in [5, 5.41) is 3.45. The second-order valence-electron chi connectivity index (χ2n) is 5.25. The Bertz CT molecular complexity index is 577. The molecule has 2 rings (SSSR count). The lowest BCUT2D eigenvalue weighted by molar-refractivity contribution is 0.546. The fourth-order valence-electron chi connectivity index (χ4n) is 2.35. The molecule has 0 spiro atoms. The lowest BCUT2D eigenvalue weighted by atomic mass is 9.95. The van der Waals surface area contributed by atoms with Gasteiger partial charge in [-0.2, -0.15) is 0 Å². The van der Waals surface area contributed by atoms with Crippen molar-refractivity contribution in [2.75, 3.05) is 6.54 Å². The van der Waals surface area contributed by atoms with E-state index in [9.17, 15) is 4.39 Å². The van der Waals surface area contributed by atoms with Gasteiger partial charge in [0.05, 0.1) is 6.04 Å². The number of rotatable bonds is 5. The maximum atomic E-state index is 14.1. The van der Waals surface area contributed by atoms with E-state index in [1.165, 1.54) is 17.2 Å². The van der Waals surface area contributed by atoms with E-state index in [4.69, 9.17) is 0 Å². The van der Waals surface area contributed by atoms with Crippen LogP contribution in [0.3, 0.4) is 0 Å². The zero-order valence-corrected chi connectivity index (χ0v) is 12.4. The van der Waals surface area contributed by atoms with E-state index >= 15 is 0 Å². The molecule has 20 heavy (non-hydrogen) atoms. The molecule has 0 saturated heterocycles.